The summed E-state index contributed by atoms with van der Waals surface area (Å²) in [5.41, 5.74) is 7.71. The van der Waals surface area contributed by atoms with Gasteiger partial charge in [-0.3, -0.25) is 4.79 Å². The summed E-state index contributed by atoms with van der Waals surface area (Å²) in [6.45, 7) is -1.18. The van der Waals surface area contributed by atoms with Crippen molar-refractivity contribution in [3.63, 3.8) is 0 Å². The number of hydrogen-bond donors (Lipinski definition) is 3. The lowest BCUT2D eigenvalue weighted by Gasteiger charge is -2.22. The third-order valence-corrected chi connectivity index (χ3v) is 5.93. The van der Waals surface area contributed by atoms with Crippen molar-refractivity contribution < 1.29 is 13.5 Å². The number of nitrogens with one attached hydrogen (secondary N) is 2. The topological polar surface area (TPSA) is 106 Å². The minimum absolute atomic E-state index is 0.0343. The van der Waals surface area contributed by atoms with E-state index in [9.17, 15) is 13.6 Å². The molecule has 3 aromatic rings. The standard InChI is InChI=1S/C21H21F2N5O2S/c22-21(23)30-17-4-2-1-3-13(17)16-11-31-20(27-16)14(10-24)19-26-15(9-18(29)28-19)12-5-7-25-8-6-12/h1-4,9-12,21,25H,5-8,24H2,(H,26,28,29). The van der Waals surface area contributed by atoms with Gasteiger partial charge in [0.2, 0.25) is 0 Å². The van der Waals surface area contributed by atoms with Gasteiger partial charge >= 0.3 is 6.61 Å². The number of para-hydroxylation sites is 1. The van der Waals surface area contributed by atoms with Crippen LogP contribution in [0.3, 0.4) is 0 Å². The third-order valence-electron chi connectivity index (χ3n) is 5.05. The SMILES string of the molecule is NC=C(c1nc(C2CCNCC2)cc(=O)[nH]1)c1nc(-c2ccccc2OC(F)F)cs1. The Balaban J connectivity index is 1.67. The zero-order chi connectivity index (χ0) is 21.8. The number of hydrogen-bond acceptors (Lipinski definition) is 7. The maximum Gasteiger partial charge on any atom is 0.387 e. The van der Waals surface area contributed by atoms with Gasteiger partial charge in [0.25, 0.3) is 5.56 Å². The summed E-state index contributed by atoms with van der Waals surface area (Å²) in [5.74, 6) is 0.570. The first-order valence-corrected chi connectivity index (χ1v) is 10.7. The lowest BCUT2D eigenvalue weighted by atomic mass is 9.94. The van der Waals surface area contributed by atoms with E-state index in [0.29, 0.717) is 27.7 Å². The molecule has 1 saturated heterocycles. The molecule has 0 atom stereocenters. The van der Waals surface area contributed by atoms with Crippen molar-refractivity contribution in [2.24, 2.45) is 5.73 Å². The second-order valence-electron chi connectivity index (χ2n) is 7.04. The van der Waals surface area contributed by atoms with E-state index in [1.807, 2.05) is 0 Å². The molecular weight excluding hydrogens is 424 g/mol. The second kappa shape index (κ2) is 9.36. The molecule has 3 heterocycles. The van der Waals surface area contributed by atoms with Crippen LogP contribution in [0.5, 0.6) is 5.75 Å². The highest BCUT2D eigenvalue weighted by Crippen LogP contribution is 2.34. The Kier molecular flexibility index (Phi) is 6.38. The van der Waals surface area contributed by atoms with E-state index in [1.54, 1.807) is 23.6 Å². The van der Waals surface area contributed by atoms with Gasteiger partial charge in [-0.05, 0) is 38.1 Å². The summed E-state index contributed by atoms with van der Waals surface area (Å²) in [5, 5.41) is 5.53. The number of alkyl halides is 2. The molecule has 0 saturated carbocycles. The van der Waals surface area contributed by atoms with E-state index in [-0.39, 0.29) is 17.2 Å². The van der Waals surface area contributed by atoms with Crippen molar-refractivity contribution in [3.8, 4) is 17.0 Å². The molecule has 31 heavy (non-hydrogen) atoms. The third kappa shape index (κ3) is 4.80. The molecule has 4 rings (SSSR count). The fraction of sp³-hybridized carbons (Fsp3) is 0.286. The molecule has 0 spiro atoms. The summed E-state index contributed by atoms with van der Waals surface area (Å²) < 4.78 is 30.1. The van der Waals surface area contributed by atoms with E-state index in [2.05, 4.69) is 25.0 Å². The van der Waals surface area contributed by atoms with Crippen LogP contribution in [-0.4, -0.2) is 34.7 Å². The first-order valence-electron chi connectivity index (χ1n) is 9.79. The first kappa shape index (κ1) is 21.1. The van der Waals surface area contributed by atoms with Gasteiger partial charge in [0, 0.05) is 29.1 Å². The fourth-order valence-corrected chi connectivity index (χ4v) is 4.43. The zero-order valence-corrected chi connectivity index (χ0v) is 17.3. The Morgan fingerprint density at radius 2 is 2.03 bits per heavy atom. The van der Waals surface area contributed by atoms with Gasteiger partial charge in [-0.1, -0.05) is 12.1 Å². The fourth-order valence-electron chi connectivity index (χ4n) is 3.58. The highest BCUT2D eigenvalue weighted by atomic mass is 32.1. The first-order chi connectivity index (χ1) is 15.0. The second-order valence-corrected chi connectivity index (χ2v) is 7.89. The van der Waals surface area contributed by atoms with Gasteiger partial charge in [0.1, 0.15) is 16.6 Å². The van der Waals surface area contributed by atoms with Gasteiger partial charge in [-0.25, -0.2) is 9.97 Å². The van der Waals surface area contributed by atoms with E-state index < -0.39 is 6.61 Å². The van der Waals surface area contributed by atoms with Crippen LogP contribution in [0, 0.1) is 0 Å². The largest absolute Gasteiger partial charge is 0.434 e. The molecule has 0 bridgehead atoms. The maximum atomic E-state index is 12.7. The van der Waals surface area contributed by atoms with Crippen molar-refractivity contribution in [3.05, 3.63) is 68.8 Å². The van der Waals surface area contributed by atoms with Crippen molar-refractivity contribution in [2.75, 3.05) is 13.1 Å². The number of benzene rings is 1. The van der Waals surface area contributed by atoms with E-state index in [1.165, 1.54) is 29.7 Å². The molecule has 2 aromatic heterocycles. The molecular formula is C21H21F2N5O2S. The van der Waals surface area contributed by atoms with E-state index >= 15 is 0 Å². The van der Waals surface area contributed by atoms with Gasteiger partial charge in [0.15, 0.2) is 0 Å². The average molecular weight is 445 g/mol. The molecule has 4 N–H and O–H groups in total. The smallest absolute Gasteiger partial charge is 0.387 e. The Morgan fingerprint density at radius 3 is 2.77 bits per heavy atom. The molecule has 0 radical (unpaired) electrons. The molecule has 7 nitrogen and oxygen atoms in total. The quantitative estimate of drug-likeness (QED) is 0.538. The normalized spacial score (nSPS) is 15.4. The van der Waals surface area contributed by atoms with Crippen molar-refractivity contribution in [1.29, 1.82) is 0 Å². The lowest BCUT2D eigenvalue weighted by molar-refractivity contribution is -0.0494. The molecule has 0 amide bonds. The van der Waals surface area contributed by atoms with Crippen molar-refractivity contribution in [2.45, 2.75) is 25.4 Å². The summed E-state index contributed by atoms with van der Waals surface area (Å²) >= 11 is 1.27. The van der Waals surface area contributed by atoms with Crippen LogP contribution in [0.4, 0.5) is 8.78 Å². The predicted octanol–water partition coefficient (Wildman–Crippen LogP) is 3.31. The van der Waals surface area contributed by atoms with Gasteiger partial charge in [0.05, 0.1) is 17.0 Å². The van der Waals surface area contributed by atoms with Crippen LogP contribution >= 0.6 is 11.3 Å². The summed E-state index contributed by atoms with van der Waals surface area (Å²) in [6.07, 6.45) is 3.15. The molecule has 0 unspecified atom stereocenters. The summed E-state index contributed by atoms with van der Waals surface area (Å²) in [6, 6.07) is 7.97. The molecule has 1 aliphatic heterocycles. The highest BCUT2D eigenvalue weighted by Gasteiger charge is 2.21. The van der Waals surface area contributed by atoms with Crippen LogP contribution in [0.1, 0.15) is 35.3 Å². The summed E-state index contributed by atoms with van der Waals surface area (Å²) in [7, 11) is 0. The number of nitrogens with zero attached hydrogens (tertiary/aromatic N) is 2. The molecule has 1 aromatic carbocycles. The Hall–Kier alpha value is -3.11. The van der Waals surface area contributed by atoms with Gasteiger partial charge < -0.3 is 20.8 Å². The molecule has 1 fully saturated rings. The molecule has 162 valence electrons. The average Bonchev–Trinajstić information content (AvgIpc) is 3.24. The molecule has 10 heteroatoms. The van der Waals surface area contributed by atoms with E-state index in [0.717, 1.165) is 31.6 Å². The Labute approximate surface area is 181 Å². The number of thiazole rings is 1. The minimum Gasteiger partial charge on any atom is -0.434 e. The molecule has 1 aliphatic rings. The monoisotopic (exact) mass is 445 g/mol. The highest BCUT2D eigenvalue weighted by molar-refractivity contribution is 7.11. The number of H-pyrrole nitrogens is 1. The Morgan fingerprint density at radius 1 is 1.26 bits per heavy atom. The predicted molar refractivity (Wildman–Crippen MR) is 115 cm³/mol. The number of ether oxygens (including phenoxy) is 1. The van der Waals surface area contributed by atoms with Gasteiger partial charge in [-0.2, -0.15) is 8.78 Å². The van der Waals surface area contributed by atoms with E-state index in [4.69, 9.17) is 5.73 Å². The van der Waals surface area contributed by atoms with Crippen LogP contribution in [0.2, 0.25) is 0 Å². The van der Waals surface area contributed by atoms with Crippen LogP contribution in [0.25, 0.3) is 16.8 Å². The summed E-state index contributed by atoms with van der Waals surface area (Å²) in [4.78, 5) is 24.2. The van der Waals surface area contributed by atoms with Crippen LogP contribution in [0.15, 0.2) is 46.7 Å². The number of piperidine rings is 1. The molecule has 0 aliphatic carbocycles. The zero-order valence-electron chi connectivity index (χ0n) is 16.5. The minimum atomic E-state index is -2.94. The maximum absolute atomic E-state index is 12.7. The van der Waals surface area contributed by atoms with Gasteiger partial charge in [-0.15, -0.1) is 11.3 Å². The number of nitrogens with two attached hydrogens (primary N) is 1. The number of aromatic nitrogens is 3. The van der Waals surface area contributed by atoms with Crippen LogP contribution in [-0.2, 0) is 0 Å². The number of halogens is 2. The number of rotatable bonds is 6. The van der Waals surface area contributed by atoms with Crippen molar-refractivity contribution in [1.82, 2.24) is 20.3 Å². The van der Waals surface area contributed by atoms with Crippen LogP contribution < -0.4 is 21.3 Å². The Bertz CT molecular complexity index is 1140. The lowest BCUT2D eigenvalue weighted by Crippen LogP contribution is -2.28. The van der Waals surface area contributed by atoms with Crippen molar-refractivity contribution >= 4 is 16.9 Å². The number of aromatic amines is 1.